The van der Waals surface area contributed by atoms with Gasteiger partial charge < -0.3 is 5.32 Å². The van der Waals surface area contributed by atoms with Gasteiger partial charge in [0.25, 0.3) is 0 Å². The molecule has 0 aromatic heterocycles. The number of hydrogen-bond donors (Lipinski definition) is 1. The molecule has 1 amide bonds. The lowest BCUT2D eigenvalue weighted by molar-refractivity contribution is -0.124. The Bertz CT molecular complexity index is 549. The van der Waals surface area contributed by atoms with E-state index in [1.165, 1.54) is 37.4 Å². The highest BCUT2D eigenvalue weighted by atomic mass is 32.2. The van der Waals surface area contributed by atoms with Gasteiger partial charge in [0.15, 0.2) is 0 Å². The second-order valence-electron chi connectivity index (χ2n) is 7.06. The Morgan fingerprint density at radius 1 is 0.929 bits per heavy atom. The lowest BCUT2D eigenvalue weighted by Crippen LogP contribution is -2.36. The summed E-state index contributed by atoms with van der Waals surface area (Å²) < 4.78 is 0. The summed E-state index contributed by atoms with van der Waals surface area (Å²) in [5, 5.41) is 2.93. The van der Waals surface area contributed by atoms with Gasteiger partial charge in [0.05, 0.1) is 6.04 Å². The molecule has 1 atom stereocenters. The lowest BCUT2D eigenvalue weighted by Gasteiger charge is -2.09. The maximum Gasteiger partial charge on any atom is 0.220 e. The number of thioether (sulfide) groups is 1. The fraction of sp³-hybridized carbons (Fsp3) is 0.583. The molecule has 4 heteroatoms. The van der Waals surface area contributed by atoms with Gasteiger partial charge >= 0.3 is 0 Å². The van der Waals surface area contributed by atoms with Crippen molar-refractivity contribution >= 4 is 22.8 Å². The van der Waals surface area contributed by atoms with Crippen molar-refractivity contribution in [3.05, 3.63) is 48.6 Å². The minimum atomic E-state index is -0.256. The first-order valence-corrected chi connectivity index (χ1v) is 11.8. The van der Waals surface area contributed by atoms with Gasteiger partial charge in [0, 0.05) is 12.2 Å². The van der Waals surface area contributed by atoms with E-state index in [0.717, 1.165) is 44.3 Å². The highest BCUT2D eigenvalue weighted by Crippen LogP contribution is 2.19. The first-order chi connectivity index (χ1) is 13.7. The maximum absolute atomic E-state index is 11.8. The molecule has 1 heterocycles. The molecule has 156 valence electrons. The second kappa shape index (κ2) is 17.5. The van der Waals surface area contributed by atoms with Gasteiger partial charge in [-0.15, -0.1) is 0 Å². The van der Waals surface area contributed by atoms with Crippen molar-refractivity contribution in [3.63, 3.8) is 0 Å². The van der Waals surface area contributed by atoms with Crippen molar-refractivity contribution in [2.75, 3.05) is 5.75 Å². The number of rotatable bonds is 15. The molecule has 1 saturated heterocycles. The third kappa shape index (κ3) is 13.6. The Labute approximate surface area is 175 Å². The predicted molar refractivity (Wildman–Crippen MR) is 122 cm³/mol. The summed E-state index contributed by atoms with van der Waals surface area (Å²) >= 11 is 1.32. The van der Waals surface area contributed by atoms with E-state index in [1.54, 1.807) is 0 Å². The Morgan fingerprint density at radius 2 is 1.50 bits per heavy atom. The second-order valence-corrected chi connectivity index (χ2v) is 8.16. The number of amides is 1. The van der Waals surface area contributed by atoms with Crippen molar-refractivity contribution in [1.82, 2.24) is 5.32 Å². The molecular formula is C24H37NO2S. The molecule has 0 radical (unpaired) electrons. The Morgan fingerprint density at radius 3 is 2.04 bits per heavy atom. The first-order valence-electron chi connectivity index (χ1n) is 10.8. The zero-order valence-electron chi connectivity index (χ0n) is 17.4. The van der Waals surface area contributed by atoms with Crippen LogP contribution in [0.1, 0.15) is 77.6 Å². The molecule has 1 aliphatic heterocycles. The minimum absolute atomic E-state index is 0.00302. The molecule has 0 spiro atoms. The van der Waals surface area contributed by atoms with Crippen molar-refractivity contribution in [1.29, 1.82) is 0 Å². The number of nitrogens with one attached hydrogen (secondary N) is 1. The molecule has 1 fully saturated rings. The van der Waals surface area contributed by atoms with Crippen molar-refractivity contribution in [3.8, 4) is 0 Å². The minimum Gasteiger partial charge on any atom is -0.345 e. The molecule has 28 heavy (non-hydrogen) atoms. The van der Waals surface area contributed by atoms with E-state index >= 15 is 0 Å². The van der Waals surface area contributed by atoms with Crippen LogP contribution in [0, 0.1) is 0 Å². The Balaban J connectivity index is 1.93. The van der Waals surface area contributed by atoms with Crippen LogP contribution < -0.4 is 5.32 Å². The lowest BCUT2D eigenvalue weighted by atomic mass is 10.2. The Hall–Kier alpha value is -1.55. The van der Waals surface area contributed by atoms with Gasteiger partial charge in [-0.2, -0.15) is 0 Å². The van der Waals surface area contributed by atoms with Gasteiger partial charge in [-0.05, 0) is 51.4 Å². The molecule has 3 nitrogen and oxygen atoms in total. The van der Waals surface area contributed by atoms with Crippen LogP contribution in [0.4, 0.5) is 0 Å². The van der Waals surface area contributed by atoms with E-state index in [0.29, 0.717) is 6.42 Å². The van der Waals surface area contributed by atoms with Crippen molar-refractivity contribution < 1.29 is 9.59 Å². The van der Waals surface area contributed by atoms with Gasteiger partial charge in [0.2, 0.25) is 11.0 Å². The van der Waals surface area contributed by atoms with Crippen LogP contribution in [-0.2, 0) is 9.59 Å². The molecule has 1 aliphatic rings. The average Bonchev–Trinajstić information content (AvgIpc) is 3.08. The van der Waals surface area contributed by atoms with E-state index in [4.69, 9.17) is 0 Å². The molecule has 0 aromatic rings. The van der Waals surface area contributed by atoms with Gasteiger partial charge in [-0.3, -0.25) is 9.59 Å². The van der Waals surface area contributed by atoms with E-state index < -0.39 is 0 Å². The van der Waals surface area contributed by atoms with Gasteiger partial charge in [-0.1, -0.05) is 80.1 Å². The maximum atomic E-state index is 11.8. The molecule has 0 aromatic carbocycles. The van der Waals surface area contributed by atoms with Crippen molar-refractivity contribution in [2.24, 2.45) is 0 Å². The Kier molecular flexibility index (Phi) is 15.3. The fourth-order valence-electron chi connectivity index (χ4n) is 2.83. The van der Waals surface area contributed by atoms with E-state index in [2.05, 4.69) is 60.8 Å². The predicted octanol–water partition coefficient (Wildman–Crippen LogP) is 6.28. The van der Waals surface area contributed by atoms with E-state index in [-0.39, 0.29) is 17.1 Å². The monoisotopic (exact) mass is 403 g/mol. The summed E-state index contributed by atoms with van der Waals surface area (Å²) in [5.74, 6) is 0.822. The summed E-state index contributed by atoms with van der Waals surface area (Å²) in [4.78, 5) is 23.3. The molecular weight excluding hydrogens is 366 g/mol. The quantitative estimate of drug-likeness (QED) is 0.258. The highest BCUT2D eigenvalue weighted by molar-refractivity contribution is 8.14. The number of carbonyl (C=O) groups excluding carboxylic acids is 2. The zero-order valence-corrected chi connectivity index (χ0v) is 18.2. The summed E-state index contributed by atoms with van der Waals surface area (Å²) in [6.45, 7) is 2.23. The molecule has 0 aliphatic carbocycles. The van der Waals surface area contributed by atoms with Crippen LogP contribution in [0.15, 0.2) is 48.6 Å². The summed E-state index contributed by atoms with van der Waals surface area (Å²) in [6.07, 6.45) is 28.7. The number of allylic oxidation sites excluding steroid dienone is 8. The topological polar surface area (TPSA) is 46.2 Å². The number of hydrogen-bond acceptors (Lipinski definition) is 3. The summed E-state index contributed by atoms with van der Waals surface area (Å²) in [6, 6.07) is -0.256. The number of unbranched alkanes of at least 4 members (excludes halogenated alkanes) is 4. The zero-order chi connectivity index (χ0) is 20.3. The first kappa shape index (κ1) is 24.5. The summed E-state index contributed by atoms with van der Waals surface area (Å²) in [5.41, 5.74) is 0. The standard InChI is InChI=1S/C24H37NO2S/c1-2-3-4-5-6-7-8-9-10-11-12-13-14-15-16-17-18-19-23(26)25-22-20-21-28-24(22)27/h6-7,9-10,12-13,15-16,22H,2-5,8,11,14,17-21H2,1H3,(H,25,26)/b7-6+,10-9+,13-12+,16-15+. The van der Waals surface area contributed by atoms with Gasteiger partial charge in [0.1, 0.15) is 0 Å². The fourth-order valence-corrected chi connectivity index (χ4v) is 3.77. The highest BCUT2D eigenvalue weighted by Gasteiger charge is 2.26. The number of carbonyl (C=O) groups is 2. The van der Waals surface area contributed by atoms with Crippen LogP contribution >= 0.6 is 11.8 Å². The molecule has 1 rings (SSSR count). The third-order valence-electron chi connectivity index (χ3n) is 4.50. The van der Waals surface area contributed by atoms with Crippen LogP contribution in [0.25, 0.3) is 0 Å². The van der Waals surface area contributed by atoms with Crippen LogP contribution in [0.3, 0.4) is 0 Å². The van der Waals surface area contributed by atoms with Crippen LogP contribution in [-0.4, -0.2) is 22.8 Å². The third-order valence-corrected chi connectivity index (χ3v) is 5.51. The molecule has 0 saturated carbocycles. The largest absolute Gasteiger partial charge is 0.345 e. The van der Waals surface area contributed by atoms with E-state index in [1.807, 2.05) is 0 Å². The average molecular weight is 404 g/mol. The van der Waals surface area contributed by atoms with E-state index in [9.17, 15) is 9.59 Å². The van der Waals surface area contributed by atoms with Crippen LogP contribution in [0.5, 0.6) is 0 Å². The summed E-state index contributed by atoms with van der Waals surface area (Å²) in [7, 11) is 0. The molecule has 1 unspecified atom stereocenters. The normalized spacial score (nSPS) is 17.8. The molecule has 1 N–H and O–H groups in total. The SMILES string of the molecule is CCCCC/C=C/C/C=C/C/C=C/C/C=C/CCCC(=O)NC1CCSC1=O. The smallest absolute Gasteiger partial charge is 0.220 e. The molecule has 0 bridgehead atoms. The van der Waals surface area contributed by atoms with Crippen molar-refractivity contribution in [2.45, 2.75) is 83.6 Å². The van der Waals surface area contributed by atoms with Crippen LogP contribution in [0.2, 0.25) is 0 Å². The van der Waals surface area contributed by atoms with Gasteiger partial charge in [-0.25, -0.2) is 0 Å².